The fraction of sp³-hybridized carbons (Fsp3) is 0.588. The van der Waals surface area contributed by atoms with Gasteiger partial charge < -0.3 is 10.4 Å². The van der Waals surface area contributed by atoms with Gasteiger partial charge in [-0.3, -0.25) is 0 Å². The van der Waals surface area contributed by atoms with E-state index in [1.54, 1.807) is 0 Å². The Kier molecular flexibility index (Phi) is 3.77. The van der Waals surface area contributed by atoms with Crippen LogP contribution < -0.4 is 5.32 Å². The van der Waals surface area contributed by atoms with Crippen LogP contribution in [0.1, 0.15) is 44.9 Å². The highest BCUT2D eigenvalue weighted by atomic mass is 16.3. The molecule has 1 aromatic heterocycles. The van der Waals surface area contributed by atoms with Gasteiger partial charge in [0.25, 0.3) is 0 Å². The standard InChI is InChI=1S/C17H23N5O/c23-17-11-4-3-6-12(17)7-5-10-15(17)18-14-9-2-1-8-13(14)16-19-21-22-20-16/h1-2,8-9,12,15,18,23H,3-7,10-11H2,(H,19,20,21,22)/t12-,15?,17-/m1/s1. The Balaban J connectivity index is 1.63. The lowest BCUT2D eigenvalue weighted by molar-refractivity contribution is -0.0835. The Morgan fingerprint density at radius 1 is 1.13 bits per heavy atom. The first-order chi connectivity index (χ1) is 11.3. The van der Waals surface area contributed by atoms with Crippen LogP contribution in [0.15, 0.2) is 24.3 Å². The lowest BCUT2D eigenvalue weighted by Gasteiger charge is -2.49. The number of fused-ring (bicyclic) bond motifs is 1. The molecule has 0 saturated heterocycles. The van der Waals surface area contributed by atoms with Crippen molar-refractivity contribution >= 4 is 5.69 Å². The molecule has 0 bridgehead atoms. The predicted molar refractivity (Wildman–Crippen MR) is 87.8 cm³/mol. The Labute approximate surface area is 135 Å². The molecule has 1 aromatic carbocycles. The number of para-hydroxylation sites is 1. The van der Waals surface area contributed by atoms with Crippen molar-refractivity contribution in [1.82, 2.24) is 20.6 Å². The largest absolute Gasteiger partial charge is 0.387 e. The summed E-state index contributed by atoms with van der Waals surface area (Å²) in [6.45, 7) is 0. The minimum absolute atomic E-state index is 0.0959. The summed E-state index contributed by atoms with van der Waals surface area (Å²) in [5.74, 6) is 1.08. The van der Waals surface area contributed by atoms with Crippen molar-refractivity contribution in [3.63, 3.8) is 0 Å². The van der Waals surface area contributed by atoms with Gasteiger partial charge in [0.1, 0.15) is 0 Å². The first-order valence-corrected chi connectivity index (χ1v) is 8.59. The maximum absolute atomic E-state index is 11.3. The summed E-state index contributed by atoms with van der Waals surface area (Å²) in [6, 6.07) is 8.10. The topological polar surface area (TPSA) is 86.7 Å². The number of rotatable bonds is 3. The third kappa shape index (κ3) is 2.61. The fourth-order valence-electron chi connectivity index (χ4n) is 4.40. The summed E-state index contributed by atoms with van der Waals surface area (Å²) in [4.78, 5) is 0. The van der Waals surface area contributed by atoms with Crippen LogP contribution >= 0.6 is 0 Å². The van der Waals surface area contributed by atoms with Gasteiger partial charge in [0.05, 0.1) is 11.6 Å². The van der Waals surface area contributed by atoms with Crippen LogP contribution in [0.2, 0.25) is 0 Å². The van der Waals surface area contributed by atoms with Crippen LogP contribution in [0, 0.1) is 5.92 Å². The molecule has 0 radical (unpaired) electrons. The molecule has 4 rings (SSSR count). The second-order valence-electron chi connectivity index (χ2n) is 6.86. The maximum Gasteiger partial charge on any atom is 0.181 e. The molecule has 0 amide bonds. The lowest BCUT2D eigenvalue weighted by atomic mass is 9.65. The number of nitrogens with zero attached hydrogens (tertiary/aromatic N) is 3. The molecule has 1 unspecified atom stereocenters. The monoisotopic (exact) mass is 313 g/mol. The minimum Gasteiger partial charge on any atom is -0.387 e. The smallest absolute Gasteiger partial charge is 0.181 e. The van der Waals surface area contributed by atoms with Gasteiger partial charge in [0.2, 0.25) is 0 Å². The average molecular weight is 313 g/mol. The Morgan fingerprint density at radius 3 is 2.87 bits per heavy atom. The molecule has 23 heavy (non-hydrogen) atoms. The molecule has 0 spiro atoms. The van der Waals surface area contributed by atoms with Crippen LogP contribution in [-0.4, -0.2) is 37.4 Å². The van der Waals surface area contributed by atoms with Crippen molar-refractivity contribution in [2.75, 3.05) is 5.32 Å². The van der Waals surface area contributed by atoms with Crippen molar-refractivity contribution in [3.8, 4) is 11.4 Å². The summed E-state index contributed by atoms with van der Waals surface area (Å²) in [6.07, 6.45) is 7.78. The molecule has 6 nitrogen and oxygen atoms in total. The first kappa shape index (κ1) is 14.6. The van der Waals surface area contributed by atoms with Crippen molar-refractivity contribution in [1.29, 1.82) is 0 Å². The van der Waals surface area contributed by atoms with Crippen molar-refractivity contribution in [2.24, 2.45) is 5.92 Å². The van der Waals surface area contributed by atoms with E-state index in [-0.39, 0.29) is 6.04 Å². The summed E-state index contributed by atoms with van der Waals surface area (Å²) >= 11 is 0. The van der Waals surface area contributed by atoms with E-state index < -0.39 is 5.60 Å². The van der Waals surface area contributed by atoms with Crippen molar-refractivity contribution in [2.45, 2.75) is 56.6 Å². The molecular formula is C17H23N5O. The summed E-state index contributed by atoms with van der Waals surface area (Å²) < 4.78 is 0. The number of nitrogens with one attached hydrogen (secondary N) is 2. The summed E-state index contributed by atoms with van der Waals surface area (Å²) in [5.41, 5.74) is 1.35. The second kappa shape index (κ2) is 5.92. The molecule has 1 heterocycles. The fourth-order valence-corrected chi connectivity index (χ4v) is 4.40. The molecule has 2 fully saturated rings. The Hall–Kier alpha value is -1.95. The van der Waals surface area contributed by atoms with E-state index in [0.717, 1.165) is 43.4 Å². The number of tetrazole rings is 1. The van der Waals surface area contributed by atoms with E-state index in [0.29, 0.717) is 11.7 Å². The number of aliphatic hydroxyl groups is 1. The number of benzene rings is 1. The maximum atomic E-state index is 11.3. The van der Waals surface area contributed by atoms with Crippen LogP contribution in [0.5, 0.6) is 0 Å². The molecule has 2 saturated carbocycles. The minimum atomic E-state index is -0.580. The van der Waals surface area contributed by atoms with Crippen LogP contribution in [0.3, 0.4) is 0 Å². The zero-order chi connectivity index (χ0) is 15.7. The van der Waals surface area contributed by atoms with Crippen LogP contribution in [0.4, 0.5) is 5.69 Å². The first-order valence-electron chi connectivity index (χ1n) is 8.59. The molecule has 3 N–H and O–H groups in total. The van der Waals surface area contributed by atoms with Gasteiger partial charge in [0, 0.05) is 11.3 Å². The molecular weight excluding hydrogens is 290 g/mol. The van der Waals surface area contributed by atoms with E-state index >= 15 is 0 Å². The number of H-pyrrole nitrogens is 1. The third-order valence-corrected chi connectivity index (χ3v) is 5.59. The summed E-state index contributed by atoms with van der Waals surface area (Å²) in [7, 11) is 0. The van der Waals surface area contributed by atoms with Gasteiger partial charge in [0.15, 0.2) is 5.82 Å². The van der Waals surface area contributed by atoms with Gasteiger partial charge in [-0.15, -0.1) is 5.10 Å². The quantitative estimate of drug-likeness (QED) is 0.811. The lowest BCUT2D eigenvalue weighted by Crippen LogP contribution is -2.56. The number of anilines is 1. The van der Waals surface area contributed by atoms with Gasteiger partial charge in [-0.2, -0.15) is 0 Å². The number of hydrogen-bond donors (Lipinski definition) is 3. The Bertz CT molecular complexity index is 657. The van der Waals surface area contributed by atoms with E-state index in [4.69, 9.17) is 0 Å². The van der Waals surface area contributed by atoms with Crippen molar-refractivity contribution in [3.05, 3.63) is 24.3 Å². The normalized spacial score (nSPS) is 30.7. The van der Waals surface area contributed by atoms with Gasteiger partial charge in [-0.05, 0) is 54.2 Å². The molecule has 0 aliphatic heterocycles. The number of aromatic nitrogens is 4. The molecule has 122 valence electrons. The van der Waals surface area contributed by atoms with E-state index in [2.05, 4.69) is 25.9 Å². The predicted octanol–water partition coefficient (Wildman–Crippen LogP) is 2.75. The molecule has 3 atom stereocenters. The molecule has 6 heteroatoms. The SMILES string of the molecule is O[C@]12CCCC[C@@H]1CCCC2Nc1ccccc1-c1nnn[nH]1. The van der Waals surface area contributed by atoms with Gasteiger partial charge >= 0.3 is 0 Å². The van der Waals surface area contributed by atoms with E-state index in [9.17, 15) is 5.11 Å². The molecule has 2 aliphatic rings. The Morgan fingerprint density at radius 2 is 2.00 bits per heavy atom. The average Bonchev–Trinajstić information content (AvgIpc) is 3.10. The molecule has 2 aliphatic carbocycles. The van der Waals surface area contributed by atoms with E-state index in [1.807, 2.05) is 24.3 Å². The highest BCUT2D eigenvalue weighted by Gasteiger charge is 2.47. The third-order valence-electron chi connectivity index (χ3n) is 5.59. The highest BCUT2D eigenvalue weighted by Crippen LogP contribution is 2.45. The van der Waals surface area contributed by atoms with Crippen LogP contribution in [0.25, 0.3) is 11.4 Å². The second-order valence-corrected chi connectivity index (χ2v) is 6.86. The zero-order valence-corrected chi connectivity index (χ0v) is 13.2. The number of hydrogen-bond acceptors (Lipinski definition) is 5. The summed E-state index contributed by atoms with van der Waals surface area (Å²) in [5, 5.41) is 29.1. The van der Waals surface area contributed by atoms with Gasteiger partial charge in [-0.25, -0.2) is 5.10 Å². The van der Waals surface area contributed by atoms with Crippen LogP contribution in [-0.2, 0) is 0 Å². The van der Waals surface area contributed by atoms with E-state index in [1.165, 1.54) is 12.8 Å². The van der Waals surface area contributed by atoms with Gasteiger partial charge in [-0.1, -0.05) is 31.4 Å². The zero-order valence-electron chi connectivity index (χ0n) is 13.2. The number of aromatic amines is 1. The highest BCUT2D eigenvalue weighted by molar-refractivity contribution is 5.73. The molecule has 2 aromatic rings. The van der Waals surface area contributed by atoms with Crippen molar-refractivity contribution < 1.29 is 5.11 Å².